The van der Waals surface area contributed by atoms with Crippen LogP contribution in [0.3, 0.4) is 0 Å². The minimum Gasteiger partial charge on any atom is -0.467 e. The van der Waals surface area contributed by atoms with Crippen LogP contribution in [0.5, 0.6) is 0 Å². The molecule has 0 bridgehead atoms. The average Bonchev–Trinajstić information content (AvgIpc) is 2.94. The molecule has 1 aromatic carbocycles. The van der Waals surface area contributed by atoms with Crippen molar-refractivity contribution in [1.29, 1.82) is 0 Å². The van der Waals surface area contributed by atoms with E-state index in [9.17, 15) is 9.90 Å². The van der Waals surface area contributed by atoms with Gasteiger partial charge in [-0.15, -0.1) is 12.4 Å². The third-order valence-electron chi connectivity index (χ3n) is 3.04. The van der Waals surface area contributed by atoms with Gasteiger partial charge in [-0.2, -0.15) is 0 Å². The van der Waals surface area contributed by atoms with Gasteiger partial charge in [0.15, 0.2) is 0 Å². The lowest BCUT2D eigenvalue weighted by Crippen LogP contribution is -2.28. The number of rotatable bonds is 5. The first-order valence-electron chi connectivity index (χ1n) is 6.40. The second-order valence-electron chi connectivity index (χ2n) is 4.64. The zero-order valence-electron chi connectivity index (χ0n) is 11.7. The normalized spacial score (nSPS) is 11.6. The molecule has 0 aliphatic heterocycles. The molecule has 0 radical (unpaired) electrons. The highest BCUT2D eigenvalue weighted by atomic mass is 35.5. The monoisotopic (exact) mass is 310 g/mol. The maximum Gasteiger partial charge on any atom is 0.254 e. The van der Waals surface area contributed by atoms with E-state index in [-0.39, 0.29) is 31.4 Å². The molecule has 1 aromatic heterocycles. The molecule has 2 rings (SSSR count). The summed E-state index contributed by atoms with van der Waals surface area (Å²) in [4.78, 5) is 11.8. The van der Waals surface area contributed by atoms with Crippen LogP contribution in [0.15, 0.2) is 41.0 Å². The van der Waals surface area contributed by atoms with Gasteiger partial charge in [-0.25, -0.2) is 0 Å². The fourth-order valence-electron chi connectivity index (χ4n) is 1.80. The number of nitrogens with one attached hydrogen (secondary N) is 1. The average molecular weight is 311 g/mol. The van der Waals surface area contributed by atoms with E-state index in [1.165, 1.54) is 6.26 Å². The van der Waals surface area contributed by atoms with Gasteiger partial charge in [0.25, 0.3) is 5.91 Å². The molecule has 0 saturated heterocycles. The number of hydrogen-bond acceptors (Lipinski definition) is 4. The highest BCUT2D eigenvalue weighted by Gasteiger charge is 2.12. The smallest absolute Gasteiger partial charge is 0.254 e. The van der Waals surface area contributed by atoms with Crippen molar-refractivity contribution in [2.75, 3.05) is 6.54 Å². The lowest BCUT2D eigenvalue weighted by atomic mass is 10.1. The molecule has 1 amide bonds. The van der Waals surface area contributed by atoms with Crippen LogP contribution in [-0.4, -0.2) is 17.6 Å². The maximum absolute atomic E-state index is 11.8. The first-order chi connectivity index (χ1) is 9.60. The van der Waals surface area contributed by atoms with Crippen LogP contribution >= 0.6 is 12.4 Å². The SMILES string of the molecule is Cc1ccc(C(O)CNC(=O)c2coc(CN)c2)cc1.Cl. The Morgan fingerprint density at radius 2 is 2.05 bits per heavy atom. The van der Waals surface area contributed by atoms with Gasteiger partial charge < -0.3 is 20.6 Å². The van der Waals surface area contributed by atoms with Crippen molar-refractivity contribution in [3.05, 3.63) is 59.0 Å². The van der Waals surface area contributed by atoms with E-state index in [2.05, 4.69) is 5.32 Å². The Kier molecular flexibility index (Phi) is 6.42. The number of aryl methyl sites for hydroxylation is 1. The molecule has 1 unspecified atom stereocenters. The summed E-state index contributed by atoms with van der Waals surface area (Å²) in [7, 11) is 0. The molecule has 0 saturated carbocycles. The van der Waals surface area contributed by atoms with Gasteiger partial charge in [0.2, 0.25) is 0 Å². The number of aliphatic hydroxyl groups excluding tert-OH is 1. The summed E-state index contributed by atoms with van der Waals surface area (Å²) in [6, 6.07) is 9.12. The Morgan fingerprint density at radius 1 is 1.38 bits per heavy atom. The summed E-state index contributed by atoms with van der Waals surface area (Å²) >= 11 is 0. The summed E-state index contributed by atoms with van der Waals surface area (Å²) < 4.78 is 5.09. The third kappa shape index (κ3) is 4.60. The van der Waals surface area contributed by atoms with E-state index in [1.807, 2.05) is 31.2 Å². The zero-order chi connectivity index (χ0) is 14.5. The molecule has 0 aliphatic rings. The molecular formula is C15H19ClN2O3. The van der Waals surface area contributed by atoms with Gasteiger partial charge in [0, 0.05) is 6.54 Å². The summed E-state index contributed by atoms with van der Waals surface area (Å²) in [6.07, 6.45) is 0.621. The van der Waals surface area contributed by atoms with Gasteiger partial charge in [0.1, 0.15) is 12.0 Å². The number of aliphatic hydroxyl groups is 1. The van der Waals surface area contributed by atoms with Crippen LogP contribution in [0.1, 0.15) is 33.3 Å². The molecule has 5 nitrogen and oxygen atoms in total. The number of halogens is 1. The number of benzene rings is 1. The number of amides is 1. The van der Waals surface area contributed by atoms with Crippen molar-refractivity contribution >= 4 is 18.3 Å². The Labute approximate surface area is 129 Å². The standard InChI is InChI=1S/C15H18N2O3.ClH/c1-10-2-4-11(5-3-10)14(18)8-17-15(19)12-6-13(7-16)20-9-12;/h2-6,9,14,18H,7-8,16H2,1H3,(H,17,19);1H. The van der Waals surface area contributed by atoms with Gasteiger partial charge in [-0.3, -0.25) is 4.79 Å². The van der Waals surface area contributed by atoms with Crippen LogP contribution in [0.4, 0.5) is 0 Å². The second kappa shape index (κ2) is 7.83. The molecular weight excluding hydrogens is 292 g/mol. The molecule has 0 fully saturated rings. The molecule has 0 aliphatic carbocycles. The molecule has 21 heavy (non-hydrogen) atoms. The van der Waals surface area contributed by atoms with E-state index in [0.29, 0.717) is 11.3 Å². The molecule has 4 N–H and O–H groups in total. The topological polar surface area (TPSA) is 88.5 Å². The summed E-state index contributed by atoms with van der Waals surface area (Å²) in [5.41, 5.74) is 7.70. The lowest BCUT2D eigenvalue weighted by molar-refractivity contribution is 0.0915. The van der Waals surface area contributed by atoms with E-state index in [1.54, 1.807) is 6.07 Å². The third-order valence-corrected chi connectivity index (χ3v) is 3.04. The predicted molar refractivity (Wildman–Crippen MR) is 82.3 cm³/mol. The van der Waals surface area contributed by atoms with Crippen molar-refractivity contribution in [2.45, 2.75) is 19.6 Å². The highest BCUT2D eigenvalue weighted by Crippen LogP contribution is 2.13. The number of carbonyl (C=O) groups is 1. The minimum absolute atomic E-state index is 0. The summed E-state index contributed by atoms with van der Waals surface area (Å²) in [5, 5.41) is 12.7. The summed E-state index contributed by atoms with van der Waals surface area (Å²) in [6.45, 7) is 2.37. The maximum atomic E-state index is 11.8. The number of carbonyl (C=O) groups excluding carboxylic acids is 1. The van der Waals surface area contributed by atoms with Gasteiger partial charge in [-0.05, 0) is 18.6 Å². The fraction of sp³-hybridized carbons (Fsp3) is 0.267. The van der Waals surface area contributed by atoms with Gasteiger partial charge in [-0.1, -0.05) is 29.8 Å². The van der Waals surface area contributed by atoms with Crippen LogP contribution in [-0.2, 0) is 6.54 Å². The Balaban J connectivity index is 0.00000220. The number of furan rings is 1. The molecule has 2 aromatic rings. The largest absolute Gasteiger partial charge is 0.467 e. The first-order valence-corrected chi connectivity index (χ1v) is 6.40. The van der Waals surface area contributed by atoms with Crippen LogP contribution < -0.4 is 11.1 Å². The van der Waals surface area contributed by atoms with E-state index in [0.717, 1.165) is 11.1 Å². The molecule has 0 spiro atoms. The quantitative estimate of drug-likeness (QED) is 0.787. The Morgan fingerprint density at radius 3 is 2.62 bits per heavy atom. The second-order valence-corrected chi connectivity index (χ2v) is 4.64. The Bertz CT molecular complexity index is 581. The van der Waals surface area contributed by atoms with Crippen LogP contribution in [0.2, 0.25) is 0 Å². The van der Waals surface area contributed by atoms with E-state index < -0.39 is 6.10 Å². The zero-order valence-corrected chi connectivity index (χ0v) is 12.5. The van der Waals surface area contributed by atoms with Crippen LogP contribution in [0, 0.1) is 6.92 Å². The predicted octanol–water partition coefficient (Wildman–Crippen LogP) is 1.93. The van der Waals surface area contributed by atoms with Crippen molar-refractivity contribution in [2.24, 2.45) is 5.73 Å². The van der Waals surface area contributed by atoms with E-state index in [4.69, 9.17) is 10.2 Å². The molecule has 6 heteroatoms. The van der Waals surface area contributed by atoms with E-state index >= 15 is 0 Å². The number of hydrogen-bond donors (Lipinski definition) is 3. The Hall–Kier alpha value is -1.82. The molecule has 1 atom stereocenters. The van der Waals surface area contributed by atoms with Crippen molar-refractivity contribution in [3.63, 3.8) is 0 Å². The van der Waals surface area contributed by atoms with Crippen LogP contribution in [0.25, 0.3) is 0 Å². The molecule has 1 heterocycles. The van der Waals surface area contributed by atoms with Gasteiger partial charge in [0.05, 0.1) is 18.2 Å². The molecule has 114 valence electrons. The van der Waals surface area contributed by atoms with Crippen molar-refractivity contribution < 1.29 is 14.3 Å². The lowest BCUT2D eigenvalue weighted by Gasteiger charge is -2.12. The highest BCUT2D eigenvalue weighted by molar-refractivity contribution is 5.93. The van der Waals surface area contributed by atoms with Crippen molar-refractivity contribution in [3.8, 4) is 0 Å². The number of nitrogens with two attached hydrogens (primary N) is 1. The first kappa shape index (κ1) is 17.2. The van der Waals surface area contributed by atoms with Crippen molar-refractivity contribution in [1.82, 2.24) is 5.32 Å². The van der Waals surface area contributed by atoms with Gasteiger partial charge >= 0.3 is 0 Å². The minimum atomic E-state index is -0.736. The summed E-state index contributed by atoms with van der Waals surface area (Å²) in [5.74, 6) is 0.258. The fourth-order valence-corrected chi connectivity index (χ4v) is 1.80.